The maximum Gasteiger partial charge on any atom is 0.242 e. The van der Waals surface area contributed by atoms with Crippen molar-refractivity contribution in [2.24, 2.45) is 0 Å². The van der Waals surface area contributed by atoms with Gasteiger partial charge >= 0.3 is 0 Å². The van der Waals surface area contributed by atoms with E-state index in [1.165, 1.54) is 6.07 Å². The van der Waals surface area contributed by atoms with Gasteiger partial charge in [-0.1, -0.05) is 23.2 Å². The Kier molecular flexibility index (Phi) is 5.76. The summed E-state index contributed by atoms with van der Waals surface area (Å²) in [6, 6.07) is 3.33. The van der Waals surface area contributed by atoms with Crippen molar-refractivity contribution in [1.29, 1.82) is 0 Å². The van der Waals surface area contributed by atoms with Crippen molar-refractivity contribution in [3.63, 3.8) is 0 Å². The van der Waals surface area contributed by atoms with Crippen LogP contribution in [-0.2, 0) is 22.3 Å². The number of sulfonamides is 1. The average molecular weight is 391 g/mol. The first-order chi connectivity index (χ1) is 9.42. The molecule has 2 aromatic rings. The van der Waals surface area contributed by atoms with Gasteiger partial charge in [0.1, 0.15) is 9.23 Å². The van der Waals surface area contributed by atoms with Crippen molar-refractivity contribution in [1.82, 2.24) is 4.72 Å². The SMILES string of the molecule is O=S(=O)(NCCc1csc(CCl)c1)c1cc(Cl)sc1Cl. The Morgan fingerprint density at radius 2 is 2.00 bits per heavy atom. The molecule has 0 aliphatic heterocycles. The molecule has 0 aliphatic carbocycles. The van der Waals surface area contributed by atoms with Crippen LogP contribution in [0.25, 0.3) is 0 Å². The Hall–Kier alpha value is 0.180. The fourth-order valence-electron chi connectivity index (χ4n) is 1.54. The number of hydrogen-bond donors (Lipinski definition) is 1. The van der Waals surface area contributed by atoms with Crippen LogP contribution in [0.15, 0.2) is 22.4 Å². The van der Waals surface area contributed by atoms with Crippen molar-refractivity contribution < 1.29 is 8.42 Å². The first-order valence-corrected chi connectivity index (χ1v) is 9.96. The van der Waals surface area contributed by atoms with E-state index in [4.69, 9.17) is 34.8 Å². The molecule has 9 heteroatoms. The average Bonchev–Trinajstić information content (AvgIpc) is 2.96. The van der Waals surface area contributed by atoms with Gasteiger partial charge in [-0.2, -0.15) is 0 Å². The molecule has 0 saturated carbocycles. The zero-order valence-electron chi connectivity index (χ0n) is 10.0. The smallest absolute Gasteiger partial charge is 0.211 e. The highest BCUT2D eigenvalue weighted by Crippen LogP contribution is 2.34. The van der Waals surface area contributed by atoms with E-state index in [1.54, 1.807) is 11.3 Å². The molecule has 0 spiro atoms. The Bertz CT molecular complexity index is 694. The summed E-state index contributed by atoms with van der Waals surface area (Å²) in [6.07, 6.45) is 0.599. The molecule has 0 aliphatic rings. The standard InChI is InChI=1S/C11H10Cl3NO2S3/c12-5-8-3-7(6-18-8)1-2-15-20(16,17)9-4-10(13)19-11(9)14/h3-4,6,15H,1-2,5H2. The van der Waals surface area contributed by atoms with Gasteiger partial charge in [-0.3, -0.25) is 0 Å². The van der Waals surface area contributed by atoms with Gasteiger partial charge < -0.3 is 0 Å². The number of nitrogens with one attached hydrogen (secondary N) is 1. The minimum absolute atomic E-state index is 0.0286. The molecule has 110 valence electrons. The molecule has 1 N–H and O–H groups in total. The topological polar surface area (TPSA) is 46.2 Å². The highest BCUT2D eigenvalue weighted by atomic mass is 35.5. The number of rotatable bonds is 6. The van der Waals surface area contributed by atoms with Crippen molar-refractivity contribution in [3.05, 3.63) is 36.6 Å². The predicted molar refractivity (Wildman–Crippen MR) is 87.1 cm³/mol. The third kappa shape index (κ3) is 4.10. The quantitative estimate of drug-likeness (QED) is 0.744. The lowest BCUT2D eigenvalue weighted by molar-refractivity contribution is 0.582. The molecular formula is C11H10Cl3NO2S3. The van der Waals surface area contributed by atoms with Crippen LogP contribution in [0.1, 0.15) is 10.4 Å². The molecule has 0 aromatic carbocycles. The molecule has 2 aromatic heterocycles. The van der Waals surface area contributed by atoms with Crippen molar-refractivity contribution in [2.45, 2.75) is 17.2 Å². The summed E-state index contributed by atoms with van der Waals surface area (Å²) in [6.45, 7) is 0.296. The van der Waals surface area contributed by atoms with Crippen molar-refractivity contribution in [2.75, 3.05) is 6.54 Å². The molecule has 0 radical (unpaired) electrons. The largest absolute Gasteiger partial charge is 0.242 e. The molecule has 0 atom stereocenters. The highest BCUT2D eigenvalue weighted by Gasteiger charge is 2.20. The molecule has 2 heterocycles. The van der Waals surface area contributed by atoms with Crippen molar-refractivity contribution >= 4 is 67.5 Å². The third-order valence-electron chi connectivity index (χ3n) is 2.46. The molecule has 0 saturated heterocycles. The maximum absolute atomic E-state index is 12.1. The molecule has 0 unspecified atom stereocenters. The first kappa shape index (κ1) is 16.5. The van der Waals surface area contributed by atoms with E-state index >= 15 is 0 Å². The lowest BCUT2D eigenvalue weighted by Gasteiger charge is -2.04. The Labute approximate surface area is 140 Å². The Morgan fingerprint density at radius 1 is 1.25 bits per heavy atom. The third-order valence-corrected chi connectivity index (χ3v) is 7.11. The van der Waals surface area contributed by atoms with Crippen LogP contribution in [0.4, 0.5) is 0 Å². The van der Waals surface area contributed by atoms with Crippen LogP contribution in [0, 0.1) is 0 Å². The maximum atomic E-state index is 12.1. The van der Waals surface area contributed by atoms with Gasteiger partial charge in [0.25, 0.3) is 0 Å². The first-order valence-electron chi connectivity index (χ1n) is 5.49. The summed E-state index contributed by atoms with van der Waals surface area (Å²) < 4.78 is 27.1. The Balaban J connectivity index is 1.97. The summed E-state index contributed by atoms with van der Waals surface area (Å²) >= 11 is 19.9. The van der Waals surface area contributed by atoms with Crippen LogP contribution in [0.2, 0.25) is 8.67 Å². The van der Waals surface area contributed by atoms with Crippen molar-refractivity contribution in [3.8, 4) is 0 Å². The number of halogens is 3. The molecule has 0 bridgehead atoms. The second kappa shape index (κ2) is 6.96. The molecule has 20 heavy (non-hydrogen) atoms. The molecular weight excluding hydrogens is 381 g/mol. The summed E-state index contributed by atoms with van der Waals surface area (Å²) in [5, 5.41) is 1.97. The van der Waals surface area contributed by atoms with Gasteiger partial charge in [-0.25, -0.2) is 13.1 Å². The van der Waals surface area contributed by atoms with Gasteiger partial charge in [0.15, 0.2) is 0 Å². The minimum atomic E-state index is -3.62. The molecule has 3 nitrogen and oxygen atoms in total. The molecule has 2 rings (SSSR count). The van der Waals surface area contributed by atoms with Gasteiger partial charge in [0, 0.05) is 11.4 Å². The lowest BCUT2D eigenvalue weighted by Crippen LogP contribution is -2.25. The van der Waals surface area contributed by atoms with Crippen LogP contribution in [0.3, 0.4) is 0 Å². The number of thiophene rings is 2. The van der Waals surface area contributed by atoms with E-state index in [-0.39, 0.29) is 9.23 Å². The summed E-state index contributed by atoms with van der Waals surface area (Å²) in [5.41, 5.74) is 1.06. The van der Waals surface area contributed by atoms with E-state index in [9.17, 15) is 8.42 Å². The van der Waals surface area contributed by atoms with E-state index < -0.39 is 10.0 Å². The fourth-order valence-corrected chi connectivity index (χ4v) is 5.76. The van der Waals surface area contributed by atoms with E-state index in [1.807, 2.05) is 11.4 Å². The number of hydrogen-bond acceptors (Lipinski definition) is 4. The summed E-state index contributed by atoms with van der Waals surface area (Å²) in [5.74, 6) is 0.472. The number of alkyl halides is 1. The predicted octanol–water partition coefficient (Wildman–Crippen LogP) is 4.38. The van der Waals surface area contributed by atoms with Crippen LogP contribution >= 0.6 is 57.5 Å². The summed E-state index contributed by atoms with van der Waals surface area (Å²) in [7, 11) is -3.62. The lowest BCUT2D eigenvalue weighted by atomic mass is 10.2. The van der Waals surface area contributed by atoms with Gasteiger partial charge in [0.05, 0.1) is 10.2 Å². The summed E-state index contributed by atoms with van der Waals surface area (Å²) in [4.78, 5) is 1.10. The zero-order valence-corrected chi connectivity index (χ0v) is 14.7. The Morgan fingerprint density at radius 3 is 2.55 bits per heavy atom. The van der Waals surface area contributed by atoms with Crippen LogP contribution in [0.5, 0.6) is 0 Å². The minimum Gasteiger partial charge on any atom is -0.211 e. The van der Waals surface area contributed by atoms with Gasteiger partial charge in [-0.15, -0.1) is 34.3 Å². The van der Waals surface area contributed by atoms with E-state index in [0.717, 1.165) is 21.8 Å². The second-order valence-electron chi connectivity index (χ2n) is 3.89. The van der Waals surface area contributed by atoms with Crippen LogP contribution < -0.4 is 4.72 Å². The highest BCUT2D eigenvalue weighted by molar-refractivity contribution is 7.89. The van der Waals surface area contributed by atoms with Crippen LogP contribution in [-0.4, -0.2) is 15.0 Å². The molecule has 0 amide bonds. The molecule has 0 fully saturated rings. The van der Waals surface area contributed by atoms with Gasteiger partial charge in [-0.05, 0) is 29.5 Å². The van der Waals surface area contributed by atoms with E-state index in [2.05, 4.69) is 4.72 Å². The monoisotopic (exact) mass is 389 g/mol. The fraction of sp³-hybridized carbons (Fsp3) is 0.273. The zero-order chi connectivity index (χ0) is 14.8. The second-order valence-corrected chi connectivity index (χ2v) is 9.18. The van der Waals surface area contributed by atoms with E-state index in [0.29, 0.717) is 23.2 Å². The normalized spacial score (nSPS) is 11.9. The van der Waals surface area contributed by atoms with Gasteiger partial charge in [0.2, 0.25) is 10.0 Å².